The number of halogens is 1. The second-order valence-corrected chi connectivity index (χ2v) is 3.71. The van der Waals surface area contributed by atoms with Crippen LogP contribution in [-0.2, 0) is 9.53 Å². The highest BCUT2D eigenvalue weighted by molar-refractivity contribution is 5.75. The number of hydrogen-bond donors (Lipinski definition) is 1. The van der Waals surface area contributed by atoms with Gasteiger partial charge < -0.3 is 19.3 Å². The molecule has 2 atom stereocenters. The molecule has 1 N–H and O–H groups in total. The fourth-order valence-electron chi connectivity index (χ4n) is 1.56. The second kappa shape index (κ2) is 6.94. The standard InChI is InChI=1S/C13H17FO5/c1-4-19-13(16)11(14)12(15)8-5-6-9(17-2)10(7-8)18-3/h5-7,11-12,15H,4H2,1-3H3. The third-order valence-corrected chi connectivity index (χ3v) is 2.54. The minimum Gasteiger partial charge on any atom is -0.493 e. The van der Waals surface area contributed by atoms with Crippen molar-refractivity contribution in [3.63, 3.8) is 0 Å². The zero-order valence-electron chi connectivity index (χ0n) is 11.1. The van der Waals surface area contributed by atoms with Crippen LogP contribution in [-0.4, -0.2) is 38.1 Å². The van der Waals surface area contributed by atoms with Crippen molar-refractivity contribution in [2.45, 2.75) is 19.2 Å². The Hall–Kier alpha value is -1.82. The van der Waals surface area contributed by atoms with Crippen molar-refractivity contribution in [2.24, 2.45) is 0 Å². The quantitative estimate of drug-likeness (QED) is 0.797. The summed E-state index contributed by atoms with van der Waals surface area (Å²) in [6, 6.07) is 4.39. The van der Waals surface area contributed by atoms with Gasteiger partial charge in [-0.05, 0) is 24.6 Å². The van der Waals surface area contributed by atoms with Gasteiger partial charge in [0.1, 0.15) is 6.10 Å². The zero-order chi connectivity index (χ0) is 14.4. The van der Waals surface area contributed by atoms with Crippen LogP contribution in [0, 0.1) is 0 Å². The molecule has 0 spiro atoms. The van der Waals surface area contributed by atoms with Crippen molar-refractivity contribution in [3.05, 3.63) is 23.8 Å². The van der Waals surface area contributed by atoms with Crippen LogP contribution in [0.4, 0.5) is 4.39 Å². The highest BCUT2D eigenvalue weighted by Gasteiger charge is 2.29. The highest BCUT2D eigenvalue weighted by atomic mass is 19.1. The fourth-order valence-corrected chi connectivity index (χ4v) is 1.56. The summed E-state index contributed by atoms with van der Waals surface area (Å²) in [6.07, 6.45) is -3.75. The first-order chi connectivity index (χ1) is 9.04. The van der Waals surface area contributed by atoms with Gasteiger partial charge in [0.15, 0.2) is 11.5 Å². The molecule has 1 aromatic carbocycles. The Bertz CT molecular complexity index is 435. The van der Waals surface area contributed by atoms with Crippen LogP contribution in [0.3, 0.4) is 0 Å². The first-order valence-corrected chi connectivity index (χ1v) is 5.75. The Morgan fingerprint density at radius 1 is 1.32 bits per heavy atom. The summed E-state index contributed by atoms with van der Waals surface area (Å²) in [6.45, 7) is 1.62. The molecule has 0 aromatic heterocycles. The highest BCUT2D eigenvalue weighted by Crippen LogP contribution is 2.31. The summed E-state index contributed by atoms with van der Waals surface area (Å²) in [5.41, 5.74) is 0.207. The number of aliphatic hydroxyl groups is 1. The molecule has 0 radical (unpaired) electrons. The number of alkyl halides is 1. The van der Waals surface area contributed by atoms with Crippen LogP contribution < -0.4 is 9.47 Å². The van der Waals surface area contributed by atoms with Crippen molar-refractivity contribution in [1.82, 2.24) is 0 Å². The molecule has 19 heavy (non-hydrogen) atoms. The van der Waals surface area contributed by atoms with Crippen molar-refractivity contribution in [2.75, 3.05) is 20.8 Å². The van der Waals surface area contributed by atoms with Gasteiger partial charge in [0.25, 0.3) is 0 Å². The maximum absolute atomic E-state index is 13.7. The first-order valence-electron chi connectivity index (χ1n) is 5.75. The van der Waals surface area contributed by atoms with Gasteiger partial charge in [0, 0.05) is 0 Å². The monoisotopic (exact) mass is 272 g/mol. The van der Waals surface area contributed by atoms with Gasteiger partial charge in [0.05, 0.1) is 20.8 Å². The summed E-state index contributed by atoms with van der Waals surface area (Å²) in [7, 11) is 2.89. The normalized spacial score (nSPS) is 13.5. The van der Waals surface area contributed by atoms with Gasteiger partial charge in [-0.3, -0.25) is 0 Å². The molecule has 0 fully saturated rings. The number of rotatable bonds is 6. The van der Waals surface area contributed by atoms with E-state index in [-0.39, 0.29) is 12.2 Å². The molecule has 0 amide bonds. The third kappa shape index (κ3) is 3.57. The minimum absolute atomic E-state index is 0.0535. The number of hydrogen-bond acceptors (Lipinski definition) is 5. The zero-order valence-corrected chi connectivity index (χ0v) is 11.1. The molecule has 6 heteroatoms. The maximum Gasteiger partial charge on any atom is 0.343 e. The van der Waals surface area contributed by atoms with Crippen LogP contribution in [0.25, 0.3) is 0 Å². The number of carbonyl (C=O) groups excluding carboxylic acids is 1. The molecular formula is C13H17FO5. The van der Waals surface area contributed by atoms with E-state index in [1.807, 2.05) is 0 Å². The van der Waals surface area contributed by atoms with Crippen molar-refractivity contribution < 1.29 is 28.5 Å². The van der Waals surface area contributed by atoms with Gasteiger partial charge in [-0.2, -0.15) is 0 Å². The Labute approximate surface area is 110 Å². The molecule has 106 valence electrons. The molecule has 0 heterocycles. The molecule has 5 nitrogen and oxygen atoms in total. The van der Waals surface area contributed by atoms with Crippen LogP contribution in [0.5, 0.6) is 11.5 Å². The SMILES string of the molecule is CCOC(=O)C(F)C(O)c1ccc(OC)c(OC)c1. The van der Waals surface area contributed by atoms with E-state index >= 15 is 0 Å². The third-order valence-electron chi connectivity index (χ3n) is 2.54. The van der Waals surface area contributed by atoms with Crippen molar-refractivity contribution >= 4 is 5.97 Å². The lowest BCUT2D eigenvalue weighted by Gasteiger charge is -2.16. The maximum atomic E-state index is 13.7. The van der Waals surface area contributed by atoms with Crippen LogP contribution in [0.1, 0.15) is 18.6 Å². The molecule has 2 unspecified atom stereocenters. The van der Waals surface area contributed by atoms with Gasteiger partial charge in [-0.1, -0.05) is 6.07 Å². The largest absolute Gasteiger partial charge is 0.493 e. The van der Waals surface area contributed by atoms with Crippen LogP contribution in [0.15, 0.2) is 18.2 Å². The lowest BCUT2D eigenvalue weighted by molar-refractivity contribution is -0.153. The topological polar surface area (TPSA) is 65.0 Å². The summed E-state index contributed by atoms with van der Waals surface area (Å²) < 4.78 is 28.3. The summed E-state index contributed by atoms with van der Waals surface area (Å²) in [5, 5.41) is 9.80. The molecule has 0 aliphatic heterocycles. The van der Waals surface area contributed by atoms with E-state index in [1.165, 1.54) is 32.4 Å². The molecule has 0 saturated heterocycles. The number of esters is 1. The Kier molecular flexibility index (Phi) is 5.57. The molecule has 1 aromatic rings. The lowest BCUT2D eigenvalue weighted by atomic mass is 10.0. The van der Waals surface area contributed by atoms with Gasteiger partial charge >= 0.3 is 5.97 Å². The number of ether oxygens (including phenoxy) is 3. The lowest BCUT2D eigenvalue weighted by Crippen LogP contribution is -2.26. The smallest absolute Gasteiger partial charge is 0.343 e. The van der Waals surface area contributed by atoms with E-state index in [4.69, 9.17) is 9.47 Å². The number of methoxy groups -OCH3 is 2. The molecule has 0 bridgehead atoms. The van der Waals surface area contributed by atoms with Crippen LogP contribution in [0.2, 0.25) is 0 Å². The minimum atomic E-state index is -2.14. The average molecular weight is 272 g/mol. The van der Waals surface area contributed by atoms with E-state index < -0.39 is 18.2 Å². The summed E-state index contributed by atoms with van der Waals surface area (Å²) in [5.74, 6) is -0.301. The predicted octanol–water partition coefficient (Wildman–Crippen LogP) is 1.64. The Morgan fingerprint density at radius 3 is 2.47 bits per heavy atom. The second-order valence-electron chi connectivity index (χ2n) is 3.71. The first kappa shape index (κ1) is 15.2. The average Bonchev–Trinajstić information content (AvgIpc) is 2.45. The van der Waals surface area contributed by atoms with Crippen molar-refractivity contribution in [3.8, 4) is 11.5 Å². The van der Waals surface area contributed by atoms with E-state index in [0.717, 1.165) is 0 Å². The van der Waals surface area contributed by atoms with Crippen molar-refractivity contribution in [1.29, 1.82) is 0 Å². The molecule has 0 aliphatic rings. The van der Waals surface area contributed by atoms with Gasteiger partial charge in [0.2, 0.25) is 6.17 Å². The van der Waals surface area contributed by atoms with Gasteiger partial charge in [-0.25, -0.2) is 9.18 Å². The Balaban J connectivity index is 2.93. The van der Waals surface area contributed by atoms with Crippen LogP contribution >= 0.6 is 0 Å². The molecule has 0 saturated carbocycles. The fraction of sp³-hybridized carbons (Fsp3) is 0.462. The predicted molar refractivity (Wildman–Crippen MR) is 66.0 cm³/mol. The Morgan fingerprint density at radius 2 is 1.95 bits per heavy atom. The van der Waals surface area contributed by atoms with E-state index in [1.54, 1.807) is 6.92 Å². The number of benzene rings is 1. The molecular weight excluding hydrogens is 255 g/mol. The van der Waals surface area contributed by atoms with Gasteiger partial charge in [-0.15, -0.1) is 0 Å². The number of carbonyl (C=O) groups is 1. The number of aliphatic hydroxyl groups excluding tert-OH is 1. The molecule has 1 rings (SSSR count). The van der Waals surface area contributed by atoms with E-state index in [0.29, 0.717) is 11.5 Å². The van der Waals surface area contributed by atoms with E-state index in [9.17, 15) is 14.3 Å². The van der Waals surface area contributed by atoms with E-state index in [2.05, 4.69) is 4.74 Å². The summed E-state index contributed by atoms with van der Waals surface area (Å²) in [4.78, 5) is 11.2. The molecule has 0 aliphatic carbocycles. The summed E-state index contributed by atoms with van der Waals surface area (Å²) >= 11 is 0.